The van der Waals surface area contributed by atoms with Crippen LogP contribution in [0.15, 0.2) is 12.3 Å². The standard InChI is InChI=1S/C13H19BFNO3/c1-6-17-11-10(7-9(15)8-16-11)14-18-12(2,3)13(4,5)19-14/h7-8H,6H2,1-5H3. The maximum atomic E-state index is 13.4. The third kappa shape index (κ3) is 2.60. The Kier molecular flexibility index (Phi) is 3.58. The highest BCUT2D eigenvalue weighted by Gasteiger charge is 2.52. The number of halogens is 1. The fourth-order valence-corrected chi connectivity index (χ4v) is 1.84. The van der Waals surface area contributed by atoms with Crippen LogP contribution in [0.1, 0.15) is 34.6 Å². The van der Waals surface area contributed by atoms with Gasteiger partial charge in [-0.25, -0.2) is 9.37 Å². The maximum Gasteiger partial charge on any atom is 0.500 e. The van der Waals surface area contributed by atoms with Crippen LogP contribution >= 0.6 is 0 Å². The lowest BCUT2D eigenvalue weighted by atomic mass is 9.79. The van der Waals surface area contributed by atoms with Crippen LogP contribution in [0.3, 0.4) is 0 Å². The zero-order chi connectivity index (χ0) is 14.3. The van der Waals surface area contributed by atoms with E-state index in [4.69, 9.17) is 14.0 Å². The Morgan fingerprint density at radius 2 is 1.84 bits per heavy atom. The SMILES string of the molecule is CCOc1ncc(F)cc1B1OC(C)(C)C(C)(C)O1. The van der Waals surface area contributed by atoms with Crippen LogP contribution in [-0.4, -0.2) is 29.9 Å². The Morgan fingerprint density at radius 3 is 2.37 bits per heavy atom. The van der Waals surface area contributed by atoms with Crippen molar-refractivity contribution in [2.75, 3.05) is 6.61 Å². The number of pyridine rings is 1. The van der Waals surface area contributed by atoms with Crippen molar-refractivity contribution in [3.8, 4) is 5.88 Å². The number of nitrogens with zero attached hydrogens (tertiary/aromatic N) is 1. The summed E-state index contributed by atoms with van der Waals surface area (Å²) in [7, 11) is -0.672. The quantitative estimate of drug-likeness (QED) is 0.784. The molecule has 0 aliphatic carbocycles. The van der Waals surface area contributed by atoms with Gasteiger partial charge in [0, 0.05) is 5.46 Å². The molecule has 0 aromatic carbocycles. The first-order valence-corrected chi connectivity index (χ1v) is 6.41. The summed E-state index contributed by atoms with van der Waals surface area (Å²) >= 11 is 0. The number of ether oxygens (including phenoxy) is 1. The van der Waals surface area contributed by atoms with Crippen LogP contribution in [0.5, 0.6) is 5.88 Å². The van der Waals surface area contributed by atoms with E-state index in [1.807, 2.05) is 34.6 Å². The van der Waals surface area contributed by atoms with Crippen molar-refractivity contribution in [3.05, 3.63) is 18.1 Å². The monoisotopic (exact) mass is 267 g/mol. The van der Waals surface area contributed by atoms with Crippen LogP contribution in [0.4, 0.5) is 4.39 Å². The molecule has 1 fully saturated rings. The van der Waals surface area contributed by atoms with Crippen LogP contribution < -0.4 is 10.2 Å². The molecule has 1 aliphatic heterocycles. The van der Waals surface area contributed by atoms with Gasteiger partial charge in [0.15, 0.2) is 0 Å². The van der Waals surface area contributed by atoms with Gasteiger partial charge in [0.1, 0.15) is 5.82 Å². The Labute approximate surface area is 113 Å². The fraction of sp³-hybridized carbons (Fsp3) is 0.615. The molecule has 6 heteroatoms. The molecule has 0 N–H and O–H groups in total. The molecule has 2 heterocycles. The van der Waals surface area contributed by atoms with Crippen LogP contribution in [0.25, 0.3) is 0 Å². The first-order chi connectivity index (χ1) is 8.77. The van der Waals surface area contributed by atoms with Crippen molar-refractivity contribution in [2.24, 2.45) is 0 Å². The molecule has 1 saturated heterocycles. The molecule has 1 aromatic heterocycles. The predicted molar refractivity (Wildman–Crippen MR) is 71.1 cm³/mol. The van der Waals surface area contributed by atoms with Gasteiger partial charge in [-0.15, -0.1) is 0 Å². The van der Waals surface area contributed by atoms with Gasteiger partial charge in [-0.05, 0) is 40.7 Å². The van der Waals surface area contributed by atoms with Crippen LogP contribution in [0, 0.1) is 5.82 Å². The van der Waals surface area contributed by atoms with E-state index >= 15 is 0 Å². The van der Waals surface area contributed by atoms with E-state index in [9.17, 15) is 4.39 Å². The smallest absolute Gasteiger partial charge is 0.478 e. The minimum Gasteiger partial charge on any atom is -0.478 e. The minimum absolute atomic E-state index is 0.349. The summed E-state index contributed by atoms with van der Waals surface area (Å²) < 4.78 is 30.6. The largest absolute Gasteiger partial charge is 0.500 e. The van der Waals surface area contributed by atoms with Crippen molar-refractivity contribution in [1.29, 1.82) is 0 Å². The van der Waals surface area contributed by atoms with Crippen molar-refractivity contribution < 1.29 is 18.4 Å². The highest BCUT2D eigenvalue weighted by Crippen LogP contribution is 2.37. The molecule has 2 rings (SSSR count). The van der Waals surface area contributed by atoms with Gasteiger partial charge in [0.05, 0.1) is 24.0 Å². The van der Waals surface area contributed by atoms with E-state index in [0.717, 1.165) is 6.20 Å². The zero-order valence-corrected chi connectivity index (χ0v) is 12.0. The molecule has 0 unspecified atom stereocenters. The summed E-state index contributed by atoms with van der Waals surface area (Å²) in [6.07, 6.45) is 1.12. The average molecular weight is 267 g/mol. The third-order valence-corrected chi connectivity index (χ3v) is 3.63. The number of rotatable bonds is 3. The second kappa shape index (κ2) is 4.76. The lowest BCUT2D eigenvalue weighted by Gasteiger charge is -2.32. The van der Waals surface area contributed by atoms with Crippen LogP contribution in [-0.2, 0) is 9.31 Å². The van der Waals surface area contributed by atoms with Gasteiger partial charge < -0.3 is 14.0 Å². The lowest BCUT2D eigenvalue weighted by molar-refractivity contribution is 0.00578. The summed E-state index contributed by atoms with van der Waals surface area (Å²) in [4.78, 5) is 3.95. The molecular formula is C13H19BFNO3. The zero-order valence-electron chi connectivity index (χ0n) is 12.0. The molecule has 104 valence electrons. The summed E-state index contributed by atoms with van der Waals surface area (Å²) in [6.45, 7) is 10.1. The number of hydrogen-bond donors (Lipinski definition) is 0. The van der Waals surface area contributed by atoms with E-state index in [-0.39, 0.29) is 0 Å². The number of aromatic nitrogens is 1. The molecule has 0 amide bonds. The first kappa shape index (κ1) is 14.3. The minimum atomic E-state index is -0.672. The van der Waals surface area contributed by atoms with E-state index in [0.29, 0.717) is 17.9 Å². The van der Waals surface area contributed by atoms with Crippen molar-refractivity contribution in [1.82, 2.24) is 4.98 Å². The van der Waals surface area contributed by atoms with E-state index in [1.165, 1.54) is 6.07 Å². The molecule has 0 spiro atoms. The topological polar surface area (TPSA) is 40.6 Å². The molecule has 19 heavy (non-hydrogen) atoms. The molecular weight excluding hydrogens is 248 g/mol. The Morgan fingerprint density at radius 1 is 1.26 bits per heavy atom. The fourth-order valence-electron chi connectivity index (χ4n) is 1.84. The second-order valence-electron chi connectivity index (χ2n) is 5.57. The van der Waals surface area contributed by atoms with E-state index < -0.39 is 24.1 Å². The number of hydrogen-bond acceptors (Lipinski definition) is 4. The molecule has 0 atom stereocenters. The van der Waals surface area contributed by atoms with Gasteiger partial charge in [-0.1, -0.05) is 0 Å². The highest BCUT2D eigenvalue weighted by atomic mass is 19.1. The molecule has 1 aliphatic rings. The molecule has 4 nitrogen and oxygen atoms in total. The van der Waals surface area contributed by atoms with Crippen molar-refractivity contribution in [3.63, 3.8) is 0 Å². The molecule has 0 saturated carbocycles. The summed E-state index contributed by atoms with van der Waals surface area (Å²) in [6, 6.07) is 1.35. The van der Waals surface area contributed by atoms with Gasteiger partial charge in [-0.2, -0.15) is 0 Å². The average Bonchev–Trinajstić information content (AvgIpc) is 2.51. The second-order valence-corrected chi connectivity index (χ2v) is 5.57. The highest BCUT2D eigenvalue weighted by molar-refractivity contribution is 6.63. The summed E-state index contributed by atoms with van der Waals surface area (Å²) in [5.41, 5.74) is -0.471. The normalized spacial score (nSPS) is 20.6. The van der Waals surface area contributed by atoms with Gasteiger partial charge in [-0.3, -0.25) is 0 Å². The Balaban J connectivity index is 2.35. The summed E-state index contributed by atoms with van der Waals surface area (Å²) in [5.74, 6) is -0.0874. The lowest BCUT2D eigenvalue weighted by Crippen LogP contribution is -2.41. The molecule has 1 aromatic rings. The van der Waals surface area contributed by atoms with E-state index in [1.54, 1.807) is 0 Å². The maximum absolute atomic E-state index is 13.4. The third-order valence-electron chi connectivity index (χ3n) is 3.63. The van der Waals surface area contributed by atoms with Crippen molar-refractivity contribution >= 4 is 12.6 Å². The van der Waals surface area contributed by atoms with Crippen molar-refractivity contribution in [2.45, 2.75) is 45.8 Å². The Hall–Kier alpha value is -1.14. The van der Waals surface area contributed by atoms with Gasteiger partial charge >= 0.3 is 7.12 Å². The van der Waals surface area contributed by atoms with Gasteiger partial charge in [0.25, 0.3) is 0 Å². The van der Waals surface area contributed by atoms with Crippen LogP contribution in [0.2, 0.25) is 0 Å². The molecule has 0 bridgehead atoms. The Bertz CT molecular complexity index is 463. The van der Waals surface area contributed by atoms with Gasteiger partial charge in [0.2, 0.25) is 5.88 Å². The van der Waals surface area contributed by atoms with E-state index in [2.05, 4.69) is 4.98 Å². The predicted octanol–water partition coefficient (Wildman–Crippen LogP) is 1.92. The summed E-state index contributed by atoms with van der Waals surface area (Å²) in [5, 5.41) is 0. The first-order valence-electron chi connectivity index (χ1n) is 6.41. The molecule has 0 radical (unpaired) electrons.